The third-order valence-corrected chi connectivity index (χ3v) is 6.41. The Balaban J connectivity index is 0.00000300. The van der Waals surface area contributed by atoms with Crippen LogP contribution in [0.1, 0.15) is 35.1 Å². The first kappa shape index (κ1) is 24.1. The molecule has 2 N–H and O–H groups in total. The first-order valence-corrected chi connectivity index (χ1v) is 10.7. The molecule has 1 aliphatic rings. The van der Waals surface area contributed by atoms with Crippen LogP contribution in [0.15, 0.2) is 41.4 Å². The lowest BCUT2D eigenvalue weighted by atomic mass is 9.74. The van der Waals surface area contributed by atoms with Crippen LogP contribution in [0.2, 0.25) is 0 Å². The van der Waals surface area contributed by atoms with Gasteiger partial charge in [0.2, 0.25) is 0 Å². The predicted octanol–water partition coefficient (Wildman–Crippen LogP) is 4.66. The van der Waals surface area contributed by atoms with Gasteiger partial charge in [-0.2, -0.15) is 0 Å². The van der Waals surface area contributed by atoms with Crippen molar-refractivity contribution in [3.8, 4) is 0 Å². The van der Waals surface area contributed by atoms with Crippen LogP contribution >= 0.6 is 35.3 Å². The second-order valence-electron chi connectivity index (χ2n) is 7.59. The molecular weight excluding hydrogens is 500 g/mol. The summed E-state index contributed by atoms with van der Waals surface area (Å²) in [6.45, 7) is 6.38. The molecule has 0 saturated carbocycles. The number of rotatable bonds is 6. The van der Waals surface area contributed by atoms with Crippen molar-refractivity contribution in [2.75, 3.05) is 26.8 Å². The minimum Gasteiger partial charge on any atom is -0.381 e. The molecule has 2 aromatic rings. The Labute approximate surface area is 194 Å². The number of guanidine groups is 1. The van der Waals surface area contributed by atoms with E-state index in [4.69, 9.17) is 4.74 Å². The summed E-state index contributed by atoms with van der Waals surface area (Å²) >= 11 is 1.84. The summed E-state index contributed by atoms with van der Waals surface area (Å²) in [4.78, 5) is 7.10. The summed E-state index contributed by atoms with van der Waals surface area (Å²) in [5.74, 6) is 0.591. The molecule has 4 nitrogen and oxygen atoms in total. The van der Waals surface area contributed by atoms with Crippen molar-refractivity contribution in [2.24, 2.45) is 4.99 Å². The maximum absolute atomic E-state index is 13.9. The summed E-state index contributed by atoms with van der Waals surface area (Å²) in [6, 6.07) is 11.6. The Bertz CT molecular complexity index is 805. The predicted molar refractivity (Wildman–Crippen MR) is 130 cm³/mol. The van der Waals surface area contributed by atoms with Gasteiger partial charge >= 0.3 is 0 Å². The lowest BCUT2D eigenvalue weighted by Crippen LogP contribution is -2.50. The highest BCUT2D eigenvalue weighted by atomic mass is 127. The molecule has 1 aromatic heterocycles. The second kappa shape index (κ2) is 11.3. The Morgan fingerprint density at radius 2 is 2.03 bits per heavy atom. The highest BCUT2D eigenvalue weighted by molar-refractivity contribution is 14.0. The average Bonchev–Trinajstić information content (AvgIpc) is 3.10. The van der Waals surface area contributed by atoms with E-state index in [0.717, 1.165) is 30.8 Å². The monoisotopic (exact) mass is 531 g/mol. The van der Waals surface area contributed by atoms with E-state index in [-0.39, 0.29) is 41.3 Å². The van der Waals surface area contributed by atoms with Gasteiger partial charge in [0, 0.05) is 54.4 Å². The van der Waals surface area contributed by atoms with E-state index in [0.29, 0.717) is 19.8 Å². The van der Waals surface area contributed by atoms with Gasteiger partial charge in [0.1, 0.15) is 5.82 Å². The van der Waals surface area contributed by atoms with Gasteiger partial charge in [-0.05, 0) is 56.5 Å². The fourth-order valence-corrected chi connectivity index (χ4v) is 4.80. The first-order valence-electron chi connectivity index (χ1n) is 9.87. The molecule has 3 rings (SSSR count). The summed E-state index contributed by atoms with van der Waals surface area (Å²) in [5.41, 5.74) is 0.882. The van der Waals surface area contributed by atoms with Crippen LogP contribution in [0.3, 0.4) is 0 Å². The Hall–Kier alpha value is -1.19. The van der Waals surface area contributed by atoms with E-state index < -0.39 is 0 Å². The first-order chi connectivity index (χ1) is 13.5. The SMILES string of the molecule is CN=C(NCC1(c2cccc(F)c2)CCOCC1)NC(C)Cc1ccc(C)s1.I. The van der Waals surface area contributed by atoms with Crippen LogP contribution in [0, 0.1) is 12.7 Å². The van der Waals surface area contributed by atoms with Gasteiger partial charge in [0.05, 0.1) is 0 Å². The van der Waals surface area contributed by atoms with Gasteiger partial charge < -0.3 is 15.4 Å². The highest BCUT2D eigenvalue weighted by Gasteiger charge is 2.35. The number of hydrogen-bond donors (Lipinski definition) is 2. The normalized spacial score (nSPS) is 17.3. The highest BCUT2D eigenvalue weighted by Crippen LogP contribution is 2.34. The van der Waals surface area contributed by atoms with Crippen LogP contribution in [-0.4, -0.2) is 38.8 Å². The minimum atomic E-state index is -0.189. The molecule has 0 amide bonds. The van der Waals surface area contributed by atoms with E-state index in [1.165, 1.54) is 15.8 Å². The maximum Gasteiger partial charge on any atom is 0.191 e. The third-order valence-electron chi connectivity index (χ3n) is 5.39. The molecule has 2 heterocycles. The fraction of sp³-hybridized carbons (Fsp3) is 0.500. The zero-order chi connectivity index (χ0) is 20.0. The van der Waals surface area contributed by atoms with Crippen LogP contribution in [0.5, 0.6) is 0 Å². The summed E-state index contributed by atoms with van der Waals surface area (Å²) in [6.07, 6.45) is 2.69. The Kier molecular flexibility index (Phi) is 9.36. The molecule has 0 radical (unpaired) electrons. The molecule has 1 aliphatic heterocycles. The topological polar surface area (TPSA) is 45.7 Å². The van der Waals surface area contributed by atoms with Crippen molar-refractivity contribution in [2.45, 2.75) is 44.6 Å². The van der Waals surface area contributed by atoms with Crippen LogP contribution in [0.4, 0.5) is 4.39 Å². The molecule has 1 saturated heterocycles. The quantitative estimate of drug-likeness (QED) is 0.324. The van der Waals surface area contributed by atoms with Crippen molar-refractivity contribution in [3.63, 3.8) is 0 Å². The average molecular weight is 531 g/mol. The molecule has 0 bridgehead atoms. The van der Waals surface area contributed by atoms with Gasteiger partial charge in [0.25, 0.3) is 0 Å². The second-order valence-corrected chi connectivity index (χ2v) is 8.96. The Morgan fingerprint density at radius 1 is 1.28 bits per heavy atom. The van der Waals surface area contributed by atoms with Crippen LogP contribution in [0.25, 0.3) is 0 Å². The number of nitrogens with zero attached hydrogens (tertiary/aromatic N) is 1. The molecule has 160 valence electrons. The van der Waals surface area contributed by atoms with Crippen molar-refractivity contribution in [3.05, 3.63) is 57.5 Å². The zero-order valence-electron chi connectivity index (χ0n) is 17.3. The van der Waals surface area contributed by atoms with E-state index in [1.807, 2.05) is 17.4 Å². The van der Waals surface area contributed by atoms with Crippen LogP contribution < -0.4 is 10.6 Å². The molecule has 0 aliphatic carbocycles. The molecule has 7 heteroatoms. The van der Waals surface area contributed by atoms with Gasteiger partial charge in [-0.1, -0.05) is 12.1 Å². The number of ether oxygens (including phenoxy) is 1. The summed E-state index contributed by atoms with van der Waals surface area (Å²) < 4.78 is 19.4. The number of thiophene rings is 1. The van der Waals surface area contributed by atoms with E-state index in [2.05, 4.69) is 41.6 Å². The largest absolute Gasteiger partial charge is 0.381 e. The van der Waals surface area contributed by atoms with Crippen molar-refractivity contribution in [1.82, 2.24) is 10.6 Å². The van der Waals surface area contributed by atoms with Gasteiger partial charge in [-0.15, -0.1) is 35.3 Å². The maximum atomic E-state index is 13.9. The number of aliphatic imine (C=N–C) groups is 1. The molecule has 1 fully saturated rings. The number of aryl methyl sites for hydroxylation is 1. The van der Waals surface area contributed by atoms with E-state index >= 15 is 0 Å². The van der Waals surface area contributed by atoms with E-state index in [1.54, 1.807) is 19.2 Å². The molecule has 1 unspecified atom stereocenters. The fourth-order valence-electron chi connectivity index (χ4n) is 3.78. The molecule has 29 heavy (non-hydrogen) atoms. The third kappa shape index (κ3) is 6.65. The number of halogens is 2. The van der Waals surface area contributed by atoms with E-state index in [9.17, 15) is 4.39 Å². The number of nitrogens with one attached hydrogen (secondary N) is 2. The van der Waals surface area contributed by atoms with Crippen molar-refractivity contribution >= 4 is 41.3 Å². The zero-order valence-corrected chi connectivity index (χ0v) is 20.5. The van der Waals surface area contributed by atoms with Gasteiger partial charge in [-0.3, -0.25) is 4.99 Å². The molecular formula is C22H31FIN3OS. The molecule has 1 aromatic carbocycles. The number of hydrogen-bond acceptors (Lipinski definition) is 3. The number of benzene rings is 1. The lowest BCUT2D eigenvalue weighted by Gasteiger charge is -2.38. The standard InChI is InChI=1S/C22H30FN3OS.HI/c1-16(13-20-8-7-17(2)28-20)26-21(24-3)25-15-22(9-11-27-12-10-22)18-5-4-6-19(23)14-18;/h4-8,14,16H,9-13,15H2,1-3H3,(H2,24,25,26);1H. The smallest absolute Gasteiger partial charge is 0.191 e. The molecule has 1 atom stereocenters. The lowest BCUT2D eigenvalue weighted by molar-refractivity contribution is 0.0512. The van der Waals surface area contributed by atoms with Crippen LogP contribution in [-0.2, 0) is 16.6 Å². The molecule has 0 spiro atoms. The Morgan fingerprint density at radius 3 is 2.66 bits per heavy atom. The summed E-state index contributed by atoms with van der Waals surface area (Å²) in [5, 5.41) is 6.97. The van der Waals surface area contributed by atoms with Gasteiger partial charge in [-0.25, -0.2) is 4.39 Å². The summed E-state index contributed by atoms with van der Waals surface area (Å²) in [7, 11) is 1.79. The van der Waals surface area contributed by atoms with Gasteiger partial charge in [0.15, 0.2) is 5.96 Å². The van der Waals surface area contributed by atoms with Crippen molar-refractivity contribution < 1.29 is 9.13 Å². The minimum absolute atomic E-state index is 0. The van der Waals surface area contributed by atoms with Crippen molar-refractivity contribution in [1.29, 1.82) is 0 Å².